The van der Waals surface area contributed by atoms with Gasteiger partial charge in [-0.2, -0.15) is 0 Å². The number of nitrogens with zero attached hydrogens (tertiary/aromatic N) is 1. The van der Waals surface area contributed by atoms with E-state index in [1.165, 1.54) is 5.56 Å². The van der Waals surface area contributed by atoms with Gasteiger partial charge in [-0.05, 0) is 49.4 Å². The highest BCUT2D eigenvalue weighted by Gasteiger charge is 2.20. The number of unbranched alkanes of at least 4 members (excludes halogenated alkanes) is 2. The first-order valence-electron chi connectivity index (χ1n) is 9.02. The standard InChI is InChI=1S/C21H25NO4/c1-24-19-12-11-17(18-15-21(23)26-22-18)14-20(19)25-13-7-3-6-10-16-8-4-2-5-9-16/h2,4-5,8-9,11-12,14,21,23H,3,6-7,10,13,15H2,1H3. The van der Waals surface area contributed by atoms with E-state index in [-0.39, 0.29) is 0 Å². The van der Waals surface area contributed by atoms with Crippen LogP contribution in [0.15, 0.2) is 53.7 Å². The van der Waals surface area contributed by atoms with Gasteiger partial charge in [-0.25, -0.2) is 0 Å². The Hall–Kier alpha value is -2.53. The quantitative estimate of drug-likeness (QED) is 0.693. The number of aliphatic hydroxyl groups is 1. The minimum atomic E-state index is -0.860. The molecular formula is C21H25NO4. The molecular weight excluding hydrogens is 330 g/mol. The second-order valence-electron chi connectivity index (χ2n) is 6.31. The second-order valence-corrected chi connectivity index (χ2v) is 6.31. The summed E-state index contributed by atoms with van der Waals surface area (Å²) >= 11 is 0. The summed E-state index contributed by atoms with van der Waals surface area (Å²) in [5.41, 5.74) is 2.97. The first kappa shape index (κ1) is 18.3. The molecule has 0 saturated heterocycles. The van der Waals surface area contributed by atoms with Gasteiger partial charge in [0.05, 0.1) is 25.8 Å². The zero-order valence-electron chi connectivity index (χ0n) is 15.1. The lowest BCUT2D eigenvalue weighted by molar-refractivity contribution is -0.0762. The van der Waals surface area contributed by atoms with Gasteiger partial charge >= 0.3 is 0 Å². The molecule has 0 saturated carbocycles. The normalized spacial score (nSPS) is 16.1. The SMILES string of the molecule is COc1ccc(C2=NOC(O)C2)cc1OCCCCCc1ccccc1. The van der Waals surface area contributed by atoms with Crippen molar-refractivity contribution in [2.24, 2.45) is 5.16 Å². The number of rotatable bonds is 9. The monoisotopic (exact) mass is 355 g/mol. The summed E-state index contributed by atoms with van der Waals surface area (Å²) in [7, 11) is 1.63. The second kappa shape index (κ2) is 9.25. The van der Waals surface area contributed by atoms with Crippen LogP contribution >= 0.6 is 0 Å². The van der Waals surface area contributed by atoms with E-state index in [9.17, 15) is 5.11 Å². The molecule has 0 radical (unpaired) electrons. The number of oxime groups is 1. The molecule has 0 aromatic heterocycles. The summed E-state index contributed by atoms with van der Waals surface area (Å²) in [5, 5.41) is 13.3. The third kappa shape index (κ3) is 4.99. The topological polar surface area (TPSA) is 60.3 Å². The van der Waals surface area contributed by atoms with Gasteiger partial charge in [0, 0.05) is 5.56 Å². The smallest absolute Gasteiger partial charge is 0.230 e. The van der Waals surface area contributed by atoms with E-state index in [1.54, 1.807) is 7.11 Å². The highest BCUT2D eigenvalue weighted by Crippen LogP contribution is 2.30. The number of hydrogen-bond acceptors (Lipinski definition) is 5. The Kier molecular flexibility index (Phi) is 6.50. The van der Waals surface area contributed by atoms with Gasteiger partial charge in [-0.1, -0.05) is 35.5 Å². The lowest BCUT2D eigenvalue weighted by Crippen LogP contribution is -2.07. The molecule has 2 aromatic rings. The van der Waals surface area contributed by atoms with Crippen LogP contribution < -0.4 is 9.47 Å². The Morgan fingerprint density at radius 3 is 2.65 bits per heavy atom. The van der Waals surface area contributed by atoms with Crippen LogP contribution in [0.2, 0.25) is 0 Å². The largest absolute Gasteiger partial charge is 0.493 e. The van der Waals surface area contributed by atoms with Crippen LogP contribution in [0.5, 0.6) is 11.5 Å². The molecule has 5 nitrogen and oxygen atoms in total. The fourth-order valence-corrected chi connectivity index (χ4v) is 2.94. The molecule has 5 heteroatoms. The van der Waals surface area contributed by atoms with E-state index < -0.39 is 6.29 Å². The molecule has 0 bridgehead atoms. The van der Waals surface area contributed by atoms with Crippen LogP contribution in [0, 0.1) is 0 Å². The van der Waals surface area contributed by atoms with Gasteiger partial charge in [-0.3, -0.25) is 0 Å². The van der Waals surface area contributed by atoms with Crippen molar-refractivity contribution in [2.75, 3.05) is 13.7 Å². The van der Waals surface area contributed by atoms with Gasteiger partial charge in [0.25, 0.3) is 0 Å². The van der Waals surface area contributed by atoms with E-state index in [0.29, 0.717) is 30.2 Å². The molecule has 1 heterocycles. The van der Waals surface area contributed by atoms with Crippen molar-refractivity contribution < 1.29 is 19.4 Å². The minimum Gasteiger partial charge on any atom is -0.493 e. The molecule has 1 N–H and O–H groups in total. The van der Waals surface area contributed by atoms with Crippen molar-refractivity contribution in [3.05, 3.63) is 59.7 Å². The molecule has 0 spiro atoms. The van der Waals surface area contributed by atoms with Crippen molar-refractivity contribution in [3.63, 3.8) is 0 Å². The van der Waals surface area contributed by atoms with E-state index in [0.717, 1.165) is 31.2 Å². The number of aryl methyl sites for hydroxylation is 1. The molecule has 1 aliphatic rings. The number of hydrogen-bond donors (Lipinski definition) is 1. The summed E-state index contributed by atoms with van der Waals surface area (Å²) in [6.07, 6.45) is 3.87. The number of methoxy groups -OCH3 is 1. The van der Waals surface area contributed by atoms with Crippen LogP contribution in [0.4, 0.5) is 0 Å². The number of benzene rings is 2. The maximum absolute atomic E-state index is 9.44. The first-order valence-corrected chi connectivity index (χ1v) is 9.02. The van der Waals surface area contributed by atoms with Gasteiger partial charge < -0.3 is 19.4 Å². The Morgan fingerprint density at radius 2 is 1.92 bits per heavy atom. The van der Waals surface area contributed by atoms with Crippen molar-refractivity contribution in [1.82, 2.24) is 0 Å². The molecule has 0 amide bonds. The van der Waals surface area contributed by atoms with Crippen molar-refractivity contribution >= 4 is 5.71 Å². The van der Waals surface area contributed by atoms with E-state index in [4.69, 9.17) is 14.3 Å². The molecule has 3 rings (SSSR count). The van der Waals surface area contributed by atoms with E-state index >= 15 is 0 Å². The molecule has 138 valence electrons. The van der Waals surface area contributed by atoms with E-state index in [1.807, 2.05) is 24.3 Å². The van der Waals surface area contributed by atoms with Crippen LogP contribution in [-0.2, 0) is 11.3 Å². The highest BCUT2D eigenvalue weighted by atomic mass is 16.7. The Balaban J connectivity index is 1.47. The van der Waals surface area contributed by atoms with Gasteiger partial charge in [0.15, 0.2) is 11.5 Å². The third-order valence-electron chi connectivity index (χ3n) is 4.36. The van der Waals surface area contributed by atoms with Crippen LogP contribution in [0.3, 0.4) is 0 Å². The molecule has 2 aromatic carbocycles. The lowest BCUT2D eigenvalue weighted by Gasteiger charge is -2.12. The highest BCUT2D eigenvalue weighted by molar-refractivity contribution is 6.01. The third-order valence-corrected chi connectivity index (χ3v) is 4.36. The summed E-state index contributed by atoms with van der Waals surface area (Å²) in [4.78, 5) is 4.85. The molecule has 1 atom stereocenters. The maximum atomic E-state index is 9.44. The van der Waals surface area contributed by atoms with Crippen molar-refractivity contribution in [3.8, 4) is 11.5 Å². The zero-order chi connectivity index (χ0) is 18.2. The first-order chi connectivity index (χ1) is 12.8. The lowest BCUT2D eigenvalue weighted by atomic mass is 10.1. The predicted molar refractivity (Wildman–Crippen MR) is 101 cm³/mol. The summed E-state index contributed by atoms with van der Waals surface area (Å²) < 4.78 is 11.3. The average Bonchev–Trinajstić information content (AvgIpc) is 3.11. The summed E-state index contributed by atoms with van der Waals surface area (Å²) in [5.74, 6) is 1.38. The van der Waals surface area contributed by atoms with Gasteiger partial charge in [0.1, 0.15) is 0 Å². The van der Waals surface area contributed by atoms with Crippen LogP contribution in [0.1, 0.15) is 36.8 Å². The summed E-state index contributed by atoms with van der Waals surface area (Å²) in [6, 6.07) is 16.2. The van der Waals surface area contributed by atoms with Crippen LogP contribution in [0.25, 0.3) is 0 Å². The maximum Gasteiger partial charge on any atom is 0.230 e. The number of aliphatic hydroxyl groups excluding tert-OH is 1. The Bertz CT molecular complexity index is 730. The molecule has 0 aliphatic carbocycles. The van der Waals surface area contributed by atoms with Crippen molar-refractivity contribution in [2.45, 2.75) is 38.4 Å². The molecule has 26 heavy (non-hydrogen) atoms. The van der Waals surface area contributed by atoms with Crippen LogP contribution in [-0.4, -0.2) is 30.8 Å². The molecule has 1 unspecified atom stereocenters. The molecule has 0 fully saturated rings. The summed E-state index contributed by atoms with van der Waals surface area (Å²) in [6.45, 7) is 0.639. The van der Waals surface area contributed by atoms with Gasteiger partial charge in [-0.15, -0.1) is 0 Å². The van der Waals surface area contributed by atoms with E-state index in [2.05, 4.69) is 29.4 Å². The van der Waals surface area contributed by atoms with Crippen molar-refractivity contribution in [1.29, 1.82) is 0 Å². The molecule has 1 aliphatic heterocycles. The fourth-order valence-electron chi connectivity index (χ4n) is 2.94. The minimum absolute atomic E-state index is 0.380. The average molecular weight is 355 g/mol. The number of ether oxygens (including phenoxy) is 2. The predicted octanol–water partition coefficient (Wildman–Crippen LogP) is 3.93. The fraction of sp³-hybridized carbons (Fsp3) is 0.381. The Morgan fingerprint density at radius 1 is 1.08 bits per heavy atom. The Labute approximate surface area is 154 Å². The van der Waals surface area contributed by atoms with Gasteiger partial charge in [0.2, 0.25) is 6.29 Å². The zero-order valence-corrected chi connectivity index (χ0v) is 15.1.